The molecule has 0 atom stereocenters. The van der Waals surface area contributed by atoms with Crippen LogP contribution in [0.2, 0.25) is 0 Å². The number of amides is 1. The van der Waals surface area contributed by atoms with Gasteiger partial charge in [-0.05, 0) is 38.5 Å². The van der Waals surface area contributed by atoms with Gasteiger partial charge in [-0.3, -0.25) is 4.79 Å². The second-order valence-electron chi connectivity index (χ2n) is 5.38. The average Bonchev–Trinajstić information content (AvgIpc) is 2.41. The van der Waals surface area contributed by atoms with E-state index in [1.54, 1.807) is 0 Å². The summed E-state index contributed by atoms with van der Waals surface area (Å²) >= 11 is 0. The molecule has 0 aromatic heterocycles. The third-order valence-corrected chi connectivity index (χ3v) is 3.93. The number of carbonyl (C=O) groups excluding carboxylic acids is 1. The van der Waals surface area contributed by atoms with E-state index in [4.69, 9.17) is 4.74 Å². The minimum absolute atomic E-state index is 0.00114. The molecule has 1 heterocycles. The molecule has 1 aliphatic heterocycles. The quantitative estimate of drug-likeness (QED) is 0.747. The Morgan fingerprint density at radius 2 is 2.17 bits per heavy atom. The molecule has 0 unspecified atom stereocenters. The molecule has 0 radical (unpaired) electrons. The van der Waals surface area contributed by atoms with Gasteiger partial charge in [0.05, 0.1) is 12.1 Å². The van der Waals surface area contributed by atoms with Crippen LogP contribution in [0.15, 0.2) is 11.6 Å². The molecule has 0 aromatic carbocycles. The van der Waals surface area contributed by atoms with Crippen molar-refractivity contribution in [3.05, 3.63) is 11.6 Å². The van der Waals surface area contributed by atoms with Gasteiger partial charge >= 0.3 is 0 Å². The molecule has 0 spiro atoms. The first-order valence-electron chi connectivity index (χ1n) is 6.92. The van der Waals surface area contributed by atoms with Crippen molar-refractivity contribution in [2.75, 3.05) is 19.8 Å². The Hall–Kier alpha value is -0.870. The van der Waals surface area contributed by atoms with Crippen LogP contribution < -0.4 is 5.32 Å². The van der Waals surface area contributed by atoms with E-state index in [1.807, 2.05) is 0 Å². The molecule has 4 heteroatoms. The number of hydrogen-bond acceptors (Lipinski definition) is 3. The van der Waals surface area contributed by atoms with Crippen LogP contribution in [0.5, 0.6) is 0 Å². The van der Waals surface area contributed by atoms with Crippen molar-refractivity contribution in [2.24, 2.45) is 0 Å². The second-order valence-corrected chi connectivity index (χ2v) is 5.38. The van der Waals surface area contributed by atoms with E-state index in [9.17, 15) is 9.90 Å². The molecular weight excluding hydrogens is 230 g/mol. The molecule has 18 heavy (non-hydrogen) atoms. The van der Waals surface area contributed by atoms with E-state index >= 15 is 0 Å². The summed E-state index contributed by atoms with van der Waals surface area (Å²) in [6.45, 7) is 1.23. The lowest BCUT2D eigenvalue weighted by Crippen LogP contribution is -2.54. The molecule has 1 fully saturated rings. The SMILES string of the molecule is O=C(CC1=CCCCC1)NC1(CO)CCOCC1. The van der Waals surface area contributed by atoms with Gasteiger partial charge in [0.1, 0.15) is 0 Å². The standard InChI is InChI=1S/C14H23NO3/c16-11-14(6-8-18-9-7-14)15-13(17)10-12-4-2-1-3-5-12/h4,16H,1-3,5-11H2,(H,15,17). The van der Waals surface area contributed by atoms with Crippen LogP contribution in [0, 0.1) is 0 Å². The zero-order valence-electron chi connectivity index (χ0n) is 10.9. The molecule has 2 aliphatic rings. The molecule has 102 valence electrons. The number of aliphatic hydroxyl groups excluding tert-OH is 1. The van der Waals surface area contributed by atoms with Crippen LogP contribution in [0.4, 0.5) is 0 Å². The predicted octanol–water partition coefficient (Wildman–Crippen LogP) is 1.53. The predicted molar refractivity (Wildman–Crippen MR) is 69.2 cm³/mol. The Kier molecular flexibility index (Phi) is 4.78. The summed E-state index contributed by atoms with van der Waals surface area (Å²) in [4.78, 5) is 12.0. The highest BCUT2D eigenvalue weighted by Crippen LogP contribution is 2.23. The molecule has 2 N–H and O–H groups in total. The average molecular weight is 253 g/mol. The van der Waals surface area contributed by atoms with Crippen molar-refractivity contribution in [1.29, 1.82) is 0 Å². The molecule has 4 nitrogen and oxygen atoms in total. The molecule has 1 amide bonds. The van der Waals surface area contributed by atoms with E-state index in [1.165, 1.54) is 18.4 Å². The first kappa shape index (κ1) is 13.6. The first-order chi connectivity index (χ1) is 8.74. The van der Waals surface area contributed by atoms with Crippen LogP contribution in [-0.4, -0.2) is 36.4 Å². The number of nitrogens with one attached hydrogen (secondary N) is 1. The van der Waals surface area contributed by atoms with Gasteiger partial charge in [-0.25, -0.2) is 0 Å². The summed E-state index contributed by atoms with van der Waals surface area (Å²) in [7, 11) is 0. The van der Waals surface area contributed by atoms with Crippen molar-refractivity contribution >= 4 is 5.91 Å². The number of hydrogen-bond donors (Lipinski definition) is 2. The summed E-state index contributed by atoms with van der Waals surface area (Å²) in [5.41, 5.74) is 0.795. The van der Waals surface area contributed by atoms with Crippen LogP contribution in [0.1, 0.15) is 44.9 Å². The highest BCUT2D eigenvalue weighted by molar-refractivity contribution is 5.79. The van der Waals surface area contributed by atoms with E-state index in [-0.39, 0.29) is 12.5 Å². The van der Waals surface area contributed by atoms with Crippen LogP contribution in [-0.2, 0) is 9.53 Å². The van der Waals surface area contributed by atoms with Gasteiger partial charge in [0, 0.05) is 19.6 Å². The summed E-state index contributed by atoms with van der Waals surface area (Å²) in [6, 6.07) is 0. The van der Waals surface area contributed by atoms with Gasteiger partial charge in [-0.1, -0.05) is 11.6 Å². The zero-order valence-corrected chi connectivity index (χ0v) is 10.9. The lowest BCUT2D eigenvalue weighted by Gasteiger charge is -2.36. The smallest absolute Gasteiger partial charge is 0.224 e. The van der Waals surface area contributed by atoms with Gasteiger partial charge < -0.3 is 15.2 Å². The molecule has 0 saturated carbocycles. The van der Waals surface area contributed by atoms with Gasteiger partial charge in [0.25, 0.3) is 0 Å². The second kappa shape index (κ2) is 6.34. The van der Waals surface area contributed by atoms with E-state index in [0.717, 1.165) is 12.8 Å². The van der Waals surface area contributed by atoms with Crippen LogP contribution >= 0.6 is 0 Å². The highest BCUT2D eigenvalue weighted by Gasteiger charge is 2.33. The Morgan fingerprint density at radius 1 is 1.39 bits per heavy atom. The van der Waals surface area contributed by atoms with Gasteiger partial charge in [0.2, 0.25) is 5.91 Å². The number of ether oxygens (including phenoxy) is 1. The van der Waals surface area contributed by atoms with Crippen molar-refractivity contribution in [3.8, 4) is 0 Å². The molecule has 0 bridgehead atoms. The highest BCUT2D eigenvalue weighted by atomic mass is 16.5. The van der Waals surface area contributed by atoms with Gasteiger partial charge in [-0.15, -0.1) is 0 Å². The van der Waals surface area contributed by atoms with Crippen molar-refractivity contribution in [1.82, 2.24) is 5.32 Å². The van der Waals surface area contributed by atoms with Gasteiger partial charge in [0.15, 0.2) is 0 Å². The summed E-state index contributed by atoms with van der Waals surface area (Å²) in [5.74, 6) is 0.0408. The van der Waals surface area contributed by atoms with Gasteiger partial charge in [-0.2, -0.15) is 0 Å². The summed E-state index contributed by atoms with van der Waals surface area (Å²) in [5, 5.41) is 12.5. The summed E-state index contributed by atoms with van der Waals surface area (Å²) < 4.78 is 5.28. The van der Waals surface area contributed by atoms with E-state index in [0.29, 0.717) is 32.5 Å². The number of aliphatic hydroxyl groups is 1. The van der Waals surface area contributed by atoms with Crippen molar-refractivity contribution < 1.29 is 14.6 Å². The normalized spacial score (nSPS) is 23.3. The molecule has 1 aliphatic carbocycles. The fraction of sp³-hybridized carbons (Fsp3) is 0.786. The minimum atomic E-state index is -0.454. The Balaban J connectivity index is 1.86. The lowest BCUT2D eigenvalue weighted by atomic mass is 9.90. The largest absolute Gasteiger partial charge is 0.394 e. The minimum Gasteiger partial charge on any atom is -0.394 e. The number of rotatable bonds is 4. The molecule has 1 saturated heterocycles. The maximum atomic E-state index is 12.0. The number of allylic oxidation sites excluding steroid dienone is 1. The molecule has 2 rings (SSSR count). The van der Waals surface area contributed by atoms with Crippen molar-refractivity contribution in [2.45, 2.75) is 50.5 Å². The fourth-order valence-electron chi connectivity index (χ4n) is 2.70. The molecule has 0 aromatic rings. The third kappa shape index (κ3) is 3.56. The van der Waals surface area contributed by atoms with Crippen LogP contribution in [0.25, 0.3) is 0 Å². The first-order valence-corrected chi connectivity index (χ1v) is 6.92. The lowest BCUT2D eigenvalue weighted by molar-refractivity contribution is -0.124. The Morgan fingerprint density at radius 3 is 2.78 bits per heavy atom. The fourth-order valence-corrected chi connectivity index (χ4v) is 2.70. The Bertz CT molecular complexity index is 319. The van der Waals surface area contributed by atoms with Crippen molar-refractivity contribution in [3.63, 3.8) is 0 Å². The van der Waals surface area contributed by atoms with E-state index < -0.39 is 5.54 Å². The number of carbonyl (C=O) groups is 1. The topological polar surface area (TPSA) is 58.6 Å². The maximum Gasteiger partial charge on any atom is 0.224 e. The maximum absolute atomic E-state index is 12.0. The molecular formula is C14H23NO3. The monoisotopic (exact) mass is 253 g/mol. The zero-order chi connectivity index (χ0) is 12.8. The summed E-state index contributed by atoms with van der Waals surface area (Å²) in [6.07, 6.45) is 8.66. The van der Waals surface area contributed by atoms with Crippen LogP contribution in [0.3, 0.4) is 0 Å². The van der Waals surface area contributed by atoms with E-state index in [2.05, 4.69) is 11.4 Å². The Labute approximate surface area is 108 Å². The third-order valence-electron chi connectivity index (χ3n) is 3.93.